The molecule has 0 heterocycles. The van der Waals surface area contributed by atoms with E-state index in [9.17, 15) is 0 Å². The molecule has 3 nitrogen and oxygen atoms in total. The Kier molecular flexibility index (Phi) is 3.83. The van der Waals surface area contributed by atoms with Gasteiger partial charge < -0.3 is 11.6 Å². The number of hydrogen-bond donors (Lipinski definition) is 2. The summed E-state index contributed by atoms with van der Waals surface area (Å²) in [4.78, 5) is 0. The predicted octanol–water partition coefficient (Wildman–Crippen LogP) is -0.0721. The highest BCUT2D eigenvalue weighted by Gasteiger charge is 1.83. The highest BCUT2D eigenvalue weighted by atomic mass is 32.2. The second kappa shape index (κ2) is 3.95. The lowest BCUT2D eigenvalue weighted by atomic mass is 10.9. The van der Waals surface area contributed by atoms with Crippen LogP contribution in [0.25, 0.3) is 0 Å². The van der Waals surface area contributed by atoms with Crippen molar-refractivity contribution in [2.24, 2.45) is 16.7 Å². The lowest BCUT2D eigenvalue weighted by Gasteiger charge is -1.89. The van der Waals surface area contributed by atoms with E-state index in [1.165, 1.54) is 11.8 Å². The summed E-state index contributed by atoms with van der Waals surface area (Å²) in [7, 11) is 0. The molecule has 0 atom stereocenters. The molecular formula is C3H9N3S. The average molecular weight is 119 g/mol. The quantitative estimate of drug-likeness (QED) is 0.167. The van der Waals surface area contributed by atoms with Crippen molar-refractivity contribution < 1.29 is 0 Å². The summed E-state index contributed by atoms with van der Waals surface area (Å²) in [6, 6.07) is 0. The molecule has 0 spiro atoms. The van der Waals surface area contributed by atoms with Crippen LogP contribution in [0.1, 0.15) is 6.92 Å². The van der Waals surface area contributed by atoms with Crippen molar-refractivity contribution in [3.63, 3.8) is 0 Å². The number of thioether (sulfide) groups is 1. The van der Waals surface area contributed by atoms with E-state index in [0.29, 0.717) is 5.88 Å². The maximum absolute atomic E-state index is 5.13. The van der Waals surface area contributed by atoms with E-state index < -0.39 is 0 Å². The van der Waals surface area contributed by atoms with Crippen LogP contribution in [0.15, 0.2) is 5.10 Å². The van der Waals surface area contributed by atoms with Crippen molar-refractivity contribution in [2.75, 3.05) is 5.88 Å². The first-order valence-electron chi connectivity index (χ1n) is 1.88. The lowest BCUT2D eigenvalue weighted by Crippen LogP contribution is -1.98. The maximum Gasteiger partial charge on any atom is 0.0910 e. The standard InChI is InChI=1S/C3H9N3S/c1-3(6-5)7-2-4/h2,4-5H2,1H3. The van der Waals surface area contributed by atoms with Crippen LogP contribution >= 0.6 is 11.8 Å². The summed E-state index contributed by atoms with van der Waals surface area (Å²) in [5, 5.41) is 4.20. The Bertz CT molecular complexity index is 70.6. The molecule has 0 rings (SSSR count). The second-order valence-corrected chi connectivity index (χ2v) is 2.17. The summed E-state index contributed by atoms with van der Waals surface area (Å²) >= 11 is 1.43. The molecule has 0 aliphatic heterocycles. The van der Waals surface area contributed by atoms with Crippen LogP contribution < -0.4 is 11.6 Å². The molecule has 4 N–H and O–H groups in total. The van der Waals surface area contributed by atoms with Crippen LogP contribution in [0, 0.1) is 0 Å². The molecule has 7 heavy (non-hydrogen) atoms. The van der Waals surface area contributed by atoms with E-state index >= 15 is 0 Å². The summed E-state index contributed by atoms with van der Waals surface area (Å²) in [5.74, 6) is 5.42. The van der Waals surface area contributed by atoms with Crippen LogP contribution in [0.2, 0.25) is 0 Å². The number of nitrogens with zero attached hydrogens (tertiary/aromatic N) is 1. The zero-order chi connectivity index (χ0) is 5.70. The first-order chi connectivity index (χ1) is 3.31. The van der Waals surface area contributed by atoms with Gasteiger partial charge in [0.15, 0.2) is 0 Å². The summed E-state index contributed by atoms with van der Waals surface area (Å²) in [6.07, 6.45) is 0. The minimum Gasteiger partial charge on any atom is -0.323 e. The zero-order valence-corrected chi connectivity index (χ0v) is 5.03. The molecule has 0 aliphatic rings. The molecule has 0 amide bonds. The normalized spacial score (nSPS) is 12.0. The van der Waals surface area contributed by atoms with Crippen LogP contribution in [0.5, 0.6) is 0 Å². The minimum absolute atomic E-state index is 0.548. The molecule has 0 aromatic carbocycles. The molecule has 0 radical (unpaired) electrons. The Morgan fingerprint density at radius 2 is 2.43 bits per heavy atom. The van der Waals surface area contributed by atoms with E-state index in [4.69, 9.17) is 11.6 Å². The van der Waals surface area contributed by atoms with Crippen LogP contribution in [-0.2, 0) is 0 Å². The van der Waals surface area contributed by atoms with E-state index in [1.54, 1.807) is 0 Å². The van der Waals surface area contributed by atoms with Crippen molar-refractivity contribution >= 4 is 16.8 Å². The second-order valence-electron chi connectivity index (χ2n) is 0.959. The van der Waals surface area contributed by atoms with Gasteiger partial charge in [-0.3, -0.25) is 0 Å². The third kappa shape index (κ3) is 3.61. The Morgan fingerprint density at radius 1 is 1.86 bits per heavy atom. The highest BCUT2D eigenvalue weighted by Crippen LogP contribution is 1.95. The van der Waals surface area contributed by atoms with Crippen LogP contribution in [-0.4, -0.2) is 10.9 Å². The van der Waals surface area contributed by atoms with Crippen molar-refractivity contribution in [1.82, 2.24) is 0 Å². The summed E-state index contributed by atoms with van der Waals surface area (Å²) < 4.78 is 0. The first kappa shape index (κ1) is 6.78. The van der Waals surface area contributed by atoms with Crippen molar-refractivity contribution in [2.45, 2.75) is 6.92 Å². The van der Waals surface area contributed by atoms with Crippen LogP contribution in [0.4, 0.5) is 0 Å². The number of hydrazone groups is 1. The highest BCUT2D eigenvalue weighted by molar-refractivity contribution is 8.13. The molecule has 0 unspecified atom stereocenters. The Labute approximate surface area is 47.1 Å². The fourth-order valence-electron chi connectivity index (χ4n) is 0.158. The molecule has 0 aromatic rings. The Balaban J connectivity index is 3.17. The molecule has 42 valence electrons. The van der Waals surface area contributed by atoms with Crippen molar-refractivity contribution in [3.05, 3.63) is 0 Å². The molecule has 4 heteroatoms. The summed E-state index contributed by atoms with van der Waals surface area (Å²) in [5.41, 5.74) is 5.13. The largest absolute Gasteiger partial charge is 0.323 e. The maximum atomic E-state index is 5.13. The van der Waals surface area contributed by atoms with Gasteiger partial charge in [0.25, 0.3) is 0 Å². The number of rotatable bonds is 1. The van der Waals surface area contributed by atoms with Crippen LogP contribution in [0.3, 0.4) is 0 Å². The first-order valence-corrected chi connectivity index (χ1v) is 2.87. The third-order valence-electron chi connectivity index (χ3n) is 0.474. The molecule has 0 bridgehead atoms. The Morgan fingerprint density at radius 3 is 2.57 bits per heavy atom. The number of nitrogens with two attached hydrogens (primary N) is 2. The lowest BCUT2D eigenvalue weighted by molar-refractivity contribution is 1.25. The van der Waals surface area contributed by atoms with E-state index in [-0.39, 0.29) is 0 Å². The monoisotopic (exact) mass is 119 g/mol. The SMILES string of the molecule is CC(=NN)SCN. The van der Waals surface area contributed by atoms with Gasteiger partial charge in [0.05, 0.1) is 5.04 Å². The Hall–Kier alpha value is -0.220. The van der Waals surface area contributed by atoms with Gasteiger partial charge in [-0.1, -0.05) is 11.8 Å². The van der Waals surface area contributed by atoms with E-state index in [1.807, 2.05) is 6.92 Å². The topological polar surface area (TPSA) is 64.4 Å². The van der Waals surface area contributed by atoms with Gasteiger partial charge in [0.2, 0.25) is 0 Å². The third-order valence-corrected chi connectivity index (χ3v) is 1.16. The number of hydrogen-bond acceptors (Lipinski definition) is 4. The molecule has 0 aromatic heterocycles. The molecule has 0 saturated heterocycles. The van der Waals surface area contributed by atoms with Gasteiger partial charge >= 0.3 is 0 Å². The van der Waals surface area contributed by atoms with Crippen molar-refractivity contribution in [1.29, 1.82) is 0 Å². The van der Waals surface area contributed by atoms with Gasteiger partial charge in [-0.25, -0.2) is 0 Å². The predicted molar refractivity (Wildman–Crippen MR) is 33.9 cm³/mol. The summed E-state index contributed by atoms with van der Waals surface area (Å²) in [6.45, 7) is 1.82. The van der Waals surface area contributed by atoms with Crippen molar-refractivity contribution in [3.8, 4) is 0 Å². The van der Waals surface area contributed by atoms with E-state index in [2.05, 4.69) is 5.10 Å². The van der Waals surface area contributed by atoms with Gasteiger partial charge in [0, 0.05) is 5.88 Å². The van der Waals surface area contributed by atoms with Gasteiger partial charge in [0.1, 0.15) is 0 Å². The fraction of sp³-hybridized carbons (Fsp3) is 0.667. The van der Waals surface area contributed by atoms with Gasteiger partial charge in [-0.15, -0.1) is 0 Å². The molecule has 0 saturated carbocycles. The van der Waals surface area contributed by atoms with E-state index in [0.717, 1.165) is 5.04 Å². The average Bonchev–Trinajstić information content (AvgIpc) is 1.68. The molecular weight excluding hydrogens is 110 g/mol. The molecule has 0 fully saturated rings. The molecule has 0 aliphatic carbocycles. The fourth-order valence-corrected chi connectivity index (χ4v) is 0.474. The zero-order valence-electron chi connectivity index (χ0n) is 4.22. The van der Waals surface area contributed by atoms with Gasteiger partial charge in [-0.2, -0.15) is 5.10 Å². The minimum atomic E-state index is 0.548. The smallest absolute Gasteiger partial charge is 0.0910 e. The van der Waals surface area contributed by atoms with Gasteiger partial charge in [-0.05, 0) is 6.92 Å².